The van der Waals surface area contributed by atoms with Crippen molar-refractivity contribution in [3.05, 3.63) is 71.4 Å². The molecule has 0 fully saturated rings. The van der Waals surface area contributed by atoms with Crippen LogP contribution in [0.5, 0.6) is 0 Å². The second-order valence-corrected chi connectivity index (χ2v) is 5.47. The molecule has 2 aromatic carbocycles. The number of halogens is 1. The van der Waals surface area contributed by atoms with Gasteiger partial charge in [-0.3, -0.25) is 9.63 Å². The molecule has 0 saturated heterocycles. The molecule has 0 saturated carbocycles. The Labute approximate surface area is 144 Å². The highest BCUT2D eigenvalue weighted by atomic mass is 35.5. The number of carbonyl (C=O) groups is 1. The number of para-hydroxylation sites is 1. The van der Waals surface area contributed by atoms with Gasteiger partial charge in [0.1, 0.15) is 5.69 Å². The number of benzene rings is 2. The molecular weight excluding hydrogens is 326 g/mol. The van der Waals surface area contributed by atoms with E-state index in [1.165, 1.54) is 0 Å². The fourth-order valence-corrected chi connectivity index (χ4v) is 2.39. The van der Waals surface area contributed by atoms with Crippen molar-refractivity contribution >= 4 is 17.5 Å². The monoisotopic (exact) mass is 341 g/mol. The molecule has 3 aromatic rings. The topological polar surface area (TPSA) is 56.1 Å². The third-order valence-electron chi connectivity index (χ3n) is 3.39. The van der Waals surface area contributed by atoms with Gasteiger partial charge in [-0.1, -0.05) is 41.9 Å². The summed E-state index contributed by atoms with van der Waals surface area (Å²) in [7, 11) is 0. The second kappa shape index (κ2) is 7.29. The Balaban J connectivity index is 2.05. The average Bonchev–Trinajstić information content (AvgIpc) is 3.06. The van der Waals surface area contributed by atoms with Gasteiger partial charge in [0.25, 0.3) is 5.91 Å². The predicted octanol–water partition coefficient (Wildman–Crippen LogP) is 3.87. The molecule has 1 amide bonds. The zero-order valence-electron chi connectivity index (χ0n) is 13.1. The molecule has 0 unspecified atom stereocenters. The quantitative estimate of drug-likeness (QED) is 0.717. The number of carbonyl (C=O) groups excluding carboxylic acids is 1. The Kier molecular flexibility index (Phi) is 4.93. The highest BCUT2D eigenvalue weighted by Crippen LogP contribution is 2.23. The van der Waals surface area contributed by atoms with Crippen LogP contribution in [0.25, 0.3) is 16.9 Å². The van der Waals surface area contributed by atoms with Crippen molar-refractivity contribution in [1.29, 1.82) is 0 Å². The van der Waals surface area contributed by atoms with E-state index in [1.54, 1.807) is 29.8 Å². The van der Waals surface area contributed by atoms with Gasteiger partial charge in [-0.05, 0) is 37.3 Å². The molecule has 3 rings (SSSR count). The molecule has 0 aliphatic rings. The van der Waals surface area contributed by atoms with Gasteiger partial charge in [0.05, 0.1) is 18.0 Å². The normalized spacial score (nSPS) is 10.6. The van der Waals surface area contributed by atoms with E-state index in [4.69, 9.17) is 16.4 Å². The Morgan fingerprint density at radius 1 is 1.17 bits per heavy atom. The number of nitrogens with one attached hydrogen (secondary N) is 1. The zero-order valence-corrected chi connectivity index (χ0v) is 13.8. The summed E-state index contributed by atoms with van der Waals surface area (Å²) in [5, 5.41) is 5.22. The van der Waals surface area contributed by atoms with Crippen LogP contribution >= 0.6 is 11.6 Å². The first kappa shape index (κ1) is 16.2. The van der Waals surface area contributed by atoms with Crippen LogP contribution in [0.1, 0.15) is 17.4 Å². The van der Waals surface area contributed by atoms with E-state index < -0.39 is 0 Å². The van der Waals surface area contributed by atoms with E-state index in [-0.39, 0.29) is 5.91 Å². The lowest BCUT2D eigenvalue weighted by Crippen LogP contribution is -2.26. The number of aromatic nitrogens is 2. The number of hydroxylamine groups is 1. The lowest BCUT2D eigenvalue weighted by Gasteiger charge is -2.07. The molecule has 0 atom stereocenters. The number of hydrogen-bond donors (Lipinski definition) is 1. The first-order valence-electron chi connectivity index (χ1n) is 7.52. The molecule has 24 heavy (non-hydrogen) atoms. The first-order valence-corrected chi connectivity index (χ1v) is 7.90. The Hall–Kier alpha value is -2.63. The van der Waals surface area contributed by atoms with Gasteiger partial charge < -0.3 is 0 Å². The van der Waals surface area contributed by atoms with Crippen LogP contribution in [0.15, 0.2) is 60.7 Å². The van der Waals surface area contributed by atoms with E-state index in [0.29, 0.717) is 23.0 Å². The first-order chi connectivity index (χ1) is 11.7. The van der Waals surface area contributed by atoms with Crippen LogP contribution in [0.4, 0.5) is 0 Å². The van der Waals surface area contributed by atoms with Crippen molar-refractivity contribution in [2.45, 2.75) is 6.92 Å². The molecule has 1 N–H and O–H groups in total. The molecule has 0 bridgehead atoms. The van der Waals surface area contributed by atoms with Gasteiger partial charge in [-0.2, -0.15) is 5.10 Å². The molecule has 5 nitrogen and oxygen atoms in total. The second-order valence-electron chi connectivity index (χ2n) is 5.03. The number of amides is 1. The summed E-state index contributed by atoms with van der Waals surface area (Å²) in [5.41, 5.74) is 5.14. The lowest BCUT2D eigenvalue weighted by atomic mass is 10.1. The minimum atomic E-state index is -0.353. The SMILES string of the molecule is CCONC(=O)c1cc(-c2ccc(Cl)cc2)nn1-c1ccccc1. The third kappa shape index (κ3) is 3.48. The smallest absolute Gasteiger partial charge is 0.274 e. The largest absolute Gasteiger partial charge is 0.293 e. The molecule has 122 valence electrons. The Bertz CT molecular complexity index is 829. The number of hydrogen-bond acceptors (Lipinski definition) is 3. The molecule has 0 aliphatic heterocycles. The van der Waals surface area contributed by atoms with E-state index in [9.17, 15) is 4.79 Å². The standard InChI is InChI=1S/C18H16ClN3O2/c1-2-24-21-18(23)17-12-16(13-8-10-14(19)11-9-13)20-22(17)15-6-4-3-5-7-15/h3-12H,2H2,1H3,(H,21,23). The van der Waals surface area contributed by atoms with Gasteiger partial charge in [0.15, 0.2) is 0 Å². The van der Waals surface area contributed by atoms with Crippen molar-refractivity contribution in [3.63, 3.8) is 0 Å². The van der Waals surface area contributed by atoms with Crippen LogP contribution in [0, 0.1) is 0 Å². The van der Waals surface area contributed by atoms with Gasteiger partial charge in [-0.25, -0.2) is 10.2 Å². The maximum Gasteiger partial charge on any atom is 0.293 e. The number of rotatable bonds is 5. The maximum atomic E-state index is 12.4. The summed E-state index contributed by atoms with van der Waals surface area (Å²) in [4.78, 5) is 17.4. The minimum absolute atomic E-state index is 0.353. The summed E-state index contributed by atoms with van der Waals surface area (Å²) < 4.78 is 1.60. The highest BCUT2D eigenvalue weighted by molar-refractivity contribution is 6.30. The van der Waals surface area contributed by atoms with Gasteiger partial charge in [0.2, 0.25) is 0 Å². The van der Waals surface area contributed by atoms with E-state index in [2.05, 4.69) is 10.6 Å². The van der Waals surface area contributed by atoms with Crippen LogP contribution < -0.4 is 5.48 Å². The van der Waals surface area contributed by atoms with Crippen LogP contribution in [0.3, 0.4) is 0 Å². The van der Waals surface area contributed by atoms with Crippen LogP contribution in [0.2, 0.25) is 5.02 Å². The average molecular weight is 342 g/mol. The van der Waals surface area contributed by atoms with Gasteiger partial charge in [-0.15, -0.1) is 0 Å². The summed E-state index contributed by atoms with van der Waals surface area (Å²) in [6.07, 6.45) is 0. The molecule has 0 aliphatic carbocycles. The van der Waals surface area contributed by atoms with Crippen molar-refractivity contribution in [2.75, 3.05) is 6.61 Å². The Morgan fingerprint density at radius 3 is 2.54 bits per heavy atom. The summed E-state index contributed by atoms with van der Waals surface area (Å²) in [6, 6.07) is 18.5. The van der Waals surface area contributed by atoms with Crippen molar-refractivity contribution < 1.29 is 9.63 Å². The molecule has 6 heteroatoms. The lowest BCUT2D eigenvalue weighted by molar-refractivity contribution is 0.0357. The molecule has 0 spiro atoms. The summed E-state index contributed by atoms with van der Waals surface area (Å²) in [6.45, 7) is 2.18. The summed E-state index contributed by atoms with van der Waals surface area (Å²) in [5.74, 6) is -0.353. The Morgan fingerprint density at radius 2 is 1.88 bits per heavy atom. The van der Waals surface area contributed by atoms with Crippen molar-refractivity contribution in [1.82, 2.24) is 15.3 Å². The molecule has 1 heterocycles. The third-order valence-corrected chi connectivity index (χ3v) is 3.64. The van der Waals surface area contributed by atoms with Gasteiger partial charge in [0, 0.05) is 10.6 Å². The highest BCUT2D eigenvalue weighted by Gasteiger charge is 2.17. The van der Waals surface area contributed by atoms with E-state index >= 15 is 0 Å². The number of nitrogens with zero attached hydrogens (tertiary/aromatic N) is 2. The van der Waals surface area contributed by atoms with E-state index in [1.807, 2.05) is 42.5 Å². The zero-order chi connectivity index (χ0) is 16.9. The van der Waals surface area contributed by atoms with Crippen LogP contribution in [-0.4, -0.2) is 22.3 Å². The van der Waals surface area contributed by atoms with Crippen molar-refractivity contribution in [3.8, 4) is 16.9 Å². The van der Waals surface area contributed by atoms with Gasteiger partial charge >= 0.3 is 0 Å². The summed E-state index contributed by atoms with van der Waals surface area (Å²) >= 11 is 5.93. The van der Waals surface area contributed by atoms with Crippen LogP contribution in [-0.2, 0) is 4.84 Å². The fraction of sp³-hybridized carbons (Fsp3) is 0.111. The molecular formula is C18H16ClN3O2. The minimum Gasteiger partial charge on any atom is -0.274 e. The fourth-order valence-electron chi connectivity index (χ4n) is 2.26. The maximum absolute atomic E-state index is 12.4. The van der Waals surface area contributed by atoms with E-state index in [0.717, 1.165) is 11.3 Å². The predicted molar refractivity (Wildman–Crippen MR) is 93.1 cm³/mol. The molecule has 0 radical (unpaired) electrons. The molecule has 1 aromatic heterocycles. The van der Waals surface area contributed by atoms with Crippen molar-refractivity contribution in [2.24, 2.45) is 0 Å².